The number of hydrogen-bond acceptors (Lipinski definition) is 1. The Kier molecular flexibility index (Phi) is 3.09. The summed E-state index contributed by atoms with van der Waals surface area (Å²) in [7, 11) is 0. The van der Waals surface area contributed by atoms with Gasteiger partial charge in [-0.3, -0.25) is 0 Å². The Morgan fingerprint density at radius 1 is 1.24 bits per heavy atom. The molecule has 0 saturated heterocycles. The first-order chi connectivity index (χ1) is 8.38. The molecule has 0 radical (unpaired) electrons. The molecule has 1 fully saturated rings. The van der Waals surface area contributed by atoms with Gasteiger partial charge in [-0.15, -0.1) is 0 Å². The summed E-state index contributed by atoms with van der Waals surface area (Å²) in [4.78, 5) is 0. The van der Waals surface area contributed by atoms with Crippen LogP contribution in [0.3, 0.4) is 0 Å². The molecule has 1 aromatic rings. The molecular formula is C16H22O. The summed E-state index contributed by atoms with van der Waals surface area (Å²) >= 11 is 0. The summed E-state index contributed by atoms with van der Waals surface area (Å²) < 4.78 is 5.92. The van der Waals surface area contributed by atoms with Crippen molar-refractivity contribution in [3.8, 4) is 5.75 Å². The van der Waals surface area contributed by atoms with Gasteiger partial charge in [-0.25, -0.2) is 0 Å². The zero-order valence-corrected chi connectivity index (χ0v) is 10.7. The molecule has 0 amide bonds. The Bertz CT molecular complexity index is 385. The second-order valence-electron chi connectivity index (χ2n) is 5.68. The predicted molar refractivity (Wildman–Crippen MR) is 70.4 cm³/mol. The van der Waals surface area contributed by atoms with Crippen LogP contribution in [0.1, 0.15) is 50.5 Å². The van der Waals surface area contributed by atoms with Crippen molar-refractivity contribution in [2.24, 2.45) is 11.8 Å². The Balaban J connectivity index is 1.78. The first kappa shape index (κ1) is 11.1. The van der Waals surface area contributed by atoms with E-state index < -0.39 is 0 Å². The summed E-state index contributed by atoms with van der Waals surface area (Å²) in [5.41, 5.74) is 1.47. The van der Waals surface area contributed by atoms with Gasteiger partial charge in [-0.1, -0.05) is 38.0 Å². The van der Waals surface area contributed by atoms with Gasteiger partial charge >= 0.3 is 0 Å². The number of fused-ring (bicyclic) bond motifs is 3. The molecule has 92 valence electrons. The fourth-order valence-electron chi connectivity index (χ4n) is 3.74. The molecule has 0 N–H and O–H groups in total. The summed E-state index contributed by atoms with van der Waals surface area (Å²) in [5.74, 6) is 3.64. The van der Waals surface area contributed by atoms with E-state index in [-0.39, 0.29) is 0 Å². The largest absolute Gasteiger partial charge is 0.493 e. The average molecular weight is 230 g/mol. The van der Waals surface area contributed by atoms with Gasteiger partial charge in [0.05, 0.1) is 6.61 Å². The molecule has 1 aliphatic carbocycles. The van der Waals surface area contributed by atoms with Crippen LogP contribution in [0.25, 0.3) is 0 Å². The van der Waals surface area contributed by atoms with Crippen molar-refractivity contribution in [2.75, 3.05) is 6.61 Å². The molecule has 3 atom stereocenters. The second-order valence-corrected chi connectivity index (χ2v) is 5.68. The molecule has 3 unspecified atom stereocenters. The Morgan fingerprint density at radius 3 is 3.00 bits per heavy atom. The number of rotatable bonds is 2. The number of para-hydroxylation sites is 1. The SMILES string of the molecule is CCCC1CCC2c3ccccc3OCC2C1. The monoisotopic (exact) mass is 230 g/mol. The van der Waals surface area contributed by atoms with Crippen LogP contribution in [0.4, 0.5) is 0 Å². The van der Waals surface area contributed by atoms with E-state index in [0.29, 0.717) is 0 Å². The predicted octanol–water partition coefficient (Wildman–Crippen LogP) is 4.38. The minimum absolute atomic E-state index is 0.771. The van der Waals surface area contributed by atoms with E-state index in [1.807, 2.05) is 0 Å². The van der Waals surface area contributed by atoms with Gasteiger partial charge in [0.1, 0.15) is 5.75 Å². The molecule has 1 aromatic carbocycles. The van der Waals surface area contributed by atoms with E-state index in [1.54, 1.807) is 0 Å². The maximum absolute atomic E-state index is 5.92. The third kappa shape index (κ3) is 2.08. The highest BCUT2D eigenvalue weighted by atomic mass is 16.5. The molecule has 0 bridgehead atoms. The van der Waals surface area contributed by atoms with Crippen molar-refractivity contribution in [3.63, 3.8) is 0 Å². The zero-order valence-electron chi connectivity index (χ0n) is 10.7. The average Bonchev–Trinajstić information content (AvgIpc) is 2.39. The first-order valence-corrected chi connectivity index (χ1v) is 7.10. The number of ether oxygens (including phenoxy) is 1. The normalized spacial score (nSPS) is 31.2. The zero-order chi connectivity index (χ0) is 11.7. The molecule has 0 aromatic heterocycles. The lowest BCUT2D eigenvalue weighted by atomic mass is 9.69. The smallest absolute Gasteiger partial charge is 0.122 e. The van der Waals surface area contributed by atoms with E-state index in [1.165, 1.54) is 37.7 Å². The van der Waals surface area contributed by atoms with Gasteiger partial charge in [-0.2, -0.15) is 0 Å². The van der Waals surface area contributed by atoms with Crippen LogP contribution in [0.5, 0.6) is 5.75 Å². The van der Waals surface area contributed by atoms with Crippen LogP contribution in [0.2, 0.25) is 0 Å². The Labute approximate surface area is 104 Å². The third-order valence-corrected chi connectivity index (χ3v) is 4.56. The van der Waals surface area contributed by atoms with E-state index in [0.717, 1.165) is 30.1 Å². The highest BCUT2D eigenvalue weighted by Gasteiger charge is 2.35. The van der Waals surface area contributed by atoms with Crippen LogP contribution in [-0.4, -0.2) is 6.61 Å². The van der Waals surface area contributed by atoms with Crippen LogP contribution in [-0.2, 0) is 0 Å². The topological polar surface area (TPSA) is 9.23 Å². The van der Waals surface area contributed by atoms with E-state index in [4.69, 9.17) is 4.74 Å². The third-order valence-electron chi connectivity index (χ3n) is 4.56. The number of hydrogen-bond donors (Lipinski definition) is 0. The van der Waals surface area contributed by atoms with Crippen molar-refractivity contribution in [1.82, 2.24) is 0 Å². The van der Waals surface area contributed by atoms with Gasteiger partial charge in [0.25, 0.3) is 0 Å². The summed E-state index contributed by atoms with van der Waals surface area (Å²) in [5, 5.41) is 0. The van der Waals surface area contributed by atoms with Crippen molar-refractivity contribution in [1.29, 1.82) is 0 Å². The lowest BCUT2D eigenvalue weighted by molar-refractivity contribution is 0.125. The fraction of sp³-hybridized carbons (Fsp3) is 0.625. The minimum Gasteiger partial charge on any atom is -0.493 e. The fourth-order valence-corrected chi connectivity index (χ4v) is 3.74. The van der Waals surface area contributed by atoms with E-state index in [2.05, 4.69) is 31.2 Å². The minimum atomic E-state index is 0.771. The van der Waals surface area contributed by atoms with Gasteiger partial charge < -0.3 is 4.74 Å². The maximum atomic E-state index is 5.92. The molecule has 1 aliphatic heterocycles. The van der Waals surface area contributed by atoms with E-state index >= 15 is 0 Å². The quantitative estimate of drug-likeness (QED) is 0.732. The molecule has 2 aliphatic rings. The Morgan fingerprint density at radius 2 is 2.12 bits per heavy atom. The first-order valence-electron chi connectivity index (χ1n) is 7.10. The highest BCUT2D eigenvalue weighted by molar-refractivity contribution is 5.38. The van der Waals surface area contributed by atoms with Crippen LogP contribution < -0.4 is 4.74 Å². The molecule has 3 rings (SSSR count). The molecule has 1 nitrogen and oxygen atoms in total. The van der Waals surface area contributed by atoms with Crippen LogP contribution in [0.15, 0.2) is 24.3 Å². The van der Waals surface area contributed by atoms with Gasteiger partial charge in [0.15, 0.2) is 0 Å². The lowest BCUT2D eigenvalue weighted by Crippen LogP contribution is -2.31. The van der Waals surface area contributed by atoms with Crippen molar-refractivity contribution in [3.05, 3.63) is 29.8 Å². The number of benzene rings is 1. The van der Waals surface area contributed by atoms with Gasteiger partial charge in [-0.05, 0) is 42.7 Å². The van der Waals surface area contributed by atoms with Gasteiger partial charge in [0.2, 0.25) is 0 Å². The molecule has 1 heteroatoms. The van der Waals surface area contributed by atoms with Crippen LogP contribution >= 0.6 is 0 Å². The van der Waals surface area contributed by atoms with Crippen LogP contribution in [0, 0.1) is 11.8 Å². The second kappa shape index (κ2) is 4.72. The molecule has 1 saturated carbocycles. The summed E-state index contributed by atoms with van der Waals surface area (Å²) in [6, 6.07) is 8.64. The highest BCUT2D eigenvalue weighted by Crippen LogP contribution is 2.47. The van der Waals surface area contributed by atoms with Gasteiger partial charge in [0, 0.05) is 5.92 Å². The van der Waals surface area contributed by atoms with E-state index in [9.17, 15) is 0 Å². The standard InChI is InChI=1S/C16H22O/c1-2-5-12-8-9-14-13(10-12)11-17-16-7-4-3-6-15(14)16/h3-4,6-7,12-14H,2,5,8-11H2,1H3. The van der Waals surface area contributed by atoms with Crippen molar-refractivity contribution >= 4 is 0 Å². The summed E-state index contributed by atoms with van der Waals surface area (Å²) in [6.07, 6.45) is 6.91. The molecular weight excluding hydrogens is 208 g/mol. The lowest BCUT2D eigenvalue weighted by Gasteiger charge is -2.40. The molecule has 0 spiro atoms. The molecule has 17 heavy (non-hydrogen) atoms. The summed E-state index contributed by atoms with van der Waals surface area (Å²) in [6.45, 7) is 3.25. The Hall–Kier alpha value is -0.980. The maximum Gasteiger partial charge on any atom is 0.122 e. The van der Waals surface area contributed by atoms with Crippen molar-refractivity contribution in [2.45, 2.75) is 44.9 Å². The van der Waals surface area contributed by atoms with Crippen molar-refractivity contribution < 1.29 is 4.74 Å². The molecule has 1 heterocycles.